The molecule has 12 heavy (non-hydrogen) atoms. The van der Waals surface area contributed by atoms with Gasteiger partial charge in [-0.1, -0.05) is 23.2 Å². The number of carboxylic acid groups (broad SMARTS) is 1. The summed E-state index contributed by atoms with van der Waals surface area (Å²) in [4.78, 5) is 10.4. The van der Waals surface area contributed by atoms with Crippen molar-refractivity contribution in [2.24, 2.45) is 0 Å². The molecule has 0 atom stereocenters. The Kier molecular flexibility index (Phi) is 5.21. The van der Waals surface area contributed by atoms with Gasteiger partial charge in [0.2, 0.25) is 0 Å². The van der Waals surface area contributed by atoms with Crippen molar-refractivity contribution in [1.29, 1.82) is 0 Å². The molecule has 5 heteroatoms. The van der Waals surface area contributed by atoms with Crippen LogP contribution in [0.1, 0.15) is 10.4 Å². The molecule has 0 aliphatic rings. The topological polar surface area (TPSA) is 37.3 Å². The van der Waals surface area contributed by atoms with Gasteiger partial charge >= 0.3 is 5.97 Å². The zero-order valence-electron chi connectivity index (χ0n) is 6.34. The van der Waals surface area contributed by atoms with Gasteiger partial charge in [-0.05, 0) is 18.2 Å². The summed E-state index contributed by atoms with van der Waals surface area (Å²) in [5, 5.41) is 9.11. The second-order valence-corrected chi connectivity index (χ2v) is 2.75. The molecule has 1 radical (unpaired) electrons. The molecule has 0 saturated carbocycles. The Bertz CT molecular complexity index is 301. The first kappa shape index (κ1) is 12.3. The van der Waals surface area contributed by atoms with E-state index < -0.39 is 5.97 Å². The summed E-state index contributed by atoms with van der Waals surface area (Å²) >= 11 is 11.1. The van der Waals surface area contributed by atoms with E-state index in [-0.39, 0.29) is 40.1 Å². The number of halogens is 2. The van der Waals surface area contributed by atoms with Crippen molar-refractivity contribution < 1.29 is 9.90 Å². The Morgan fingerprint density at radius 3 is 2.25 bits per heavy atom. The van der Waals surface area contributed by atoms with Gasteiger partial charge in [-0.3, -0.25) is 0 Å². The predicted molar refractivity (Wildman–Crippen MR) is 49.2 cm³/mol. The monoisotopic (exact) mass is 213 g/mol. The van der Waals surface area contributed by atoms with Gasteiger partial charge in [-0.25, -0.2) is 4.79 Å². The van der Waals surface area contributed by atoms with Crippen LogP contribution in [-0.4, -0.2) is 40.6 Å². The molecule has 1 aromatic rings. The number of carbonyl (C=O) groups is 1. The molecule has 0 aromatic heterocycles. The predicted octanol–water partition coefficient (Wildman–Crippen LogP) is 2.31. The van der Waals surface area contributed by atoms with Gasteiger partial charge in [0.05, 0.1) is 15.6 Å². The van der Waals surface area contributed by atoms with Crippen LogP contribution < -0.4 is 0 Å². The van der Waals surface area contributed by atoms with Crippen LogP contribution in [0.25, 0.3) is 0 Å². The van der Waals surface area contributed by atoms with E-state index >= 15 is 0 Å². The van der Waals surface area contributed by atoms with E-state index in [1.807, 2.05) is 0 Å². The van der Waals surface area contributed by atoms with Crippen LogP contribution in [0.3, 0.4) is 0 Å². The summed E-state index contributed by atoms with van der Waals surface area (Å²) in [7, 11) is 0. The molecule has 0 saturated heterocycles. The normalized spacial score (nSPS) is 8.83. The van der Waals surface area contributed by atoms with Gasteiger partial charge < -0.3 is 5.11 Å². The first-order valence-electron chi connectivity index (χ1n) is 2.79. The fourth-order valence-corrected chi connectivity index (χ4v) is 0.927. The summed E-state index contributed by atoms with van der Waals surface area (Å²) in [6.07, 6.45) is 0. The van der Waals surface area contributed by atoms with Gasteiger partial charge in [-0.2, -0.15) is 0 Å². The van der Waals surface area contributed by atoms with Crippen molar-refractivity contribution in [3.05, 3.63) is 33.8 Å². The fraction of sp³-hybridized carbons (Fsp3) is 0. The molecule has 0 spiro atoms. The fourth-order valence-electron chi connectivity index (χ4n) is 0.629. The minimum absolute atomic E-state index is 0. The number of carboxylic acids is 1. The van der Waals surface area contributed by atoms with Crippen LogP contribution in [0.4, 0.5) is 0 Å². The number of aromatic carboxylic acids is 1. The van der Waals surface area contributed by atoms with E-state index in [1.165, 1.54) is 18.2 Å². The summed E-state index contributed by atoms with van der Waals surface area (Å²) in [6.45, 7) is 0. The van der Waals surface area contributed by atoms with Crippen LogP contribution >= 0.6 is 23.2 Å². The first-order valence-corrected chi connectivity index (χ1v) is 3.55. The Hall–Kier alpha value is 0.270. The summed E-state index contributed by atoms with van der Waals surface area (Å²) in [5.74, 6) is -1.01. The standard InChI is InChI=1S/C7H4Cl2O2.Na/c8-5-2-1-4(7(10)11)3-6(5)9;/h1-3H,(H,10,11);. The average molecular weight is 214 g/mol. The maximum atomic E-state index is 10.4. The third-order valence-corrected chi connectivity index (χ3v) is 1.91. The smallest absolute Gasteiger partial charge is 0.335 e. The molecule has 0 aliphatic carbocycles. The van der Waals surface area contributed by atoms with Crippen molar-refractivity contribution in [2.75, 3.05) is 0 Å². The molecule has 0 heterocycles. The molecule has 1 N–H and O–H groups in total. The Morgan fingerprint density at radius 1 is 1.25 bits per heavy atom. The van der Waals surface area contributed by atoms with E-state index in [0.717, 1.165) is 0 Å². The zero-order valence-corrected chi connectivity index (χ0v) is 9.86. The van der Waals surface area contributed by atoms with Gasteiger partial charge in [0, 0.05) is 29.6 Å². The molecule has 0 amide bonds. The van der Waals surface area contributed by atoms with E-state index in [9.17, 15) is 4.79 Å². The van der Waals surface area contributed by atoms with Gasteiger partial charge in [0.25, 0.3) is 0 Å². The van der Waals surface area contributed by atoms with E-state index in [1.54, 1.807) is 0 Å². The second kappa shape index (κ2) is 5.10. The summed E-state index contributed by atoms with van der Waals surface area (Å²) in [5.41, 5.74) is 0.138. The molecule has 1 aromatic carbocycles. The quantitative estimate of drug-likeness (QED) is 0.728. The SMILES string of the molecule is O=C(O)c1ccc(Cl)c(Cl)c1.[Na]. The van der Waals surface area contributed by atoms with E-state index in [2.05, 4.69) is 0 Å². The zero-order chi connectivity index (χ0) is 8.43. The summed E-state index contributed by atoms with van der Waals surface area (Å²) < 4.78 is 0. The van der Waals surface area contributed by atoms with Crippen LogP contribution in [0.5, 0.6) is 0 Å². The molecule has 0 bridgehead atoms. The third kappa shape index (κ3) is 2.96. The largest absolute Gasteiger partial charge is 0.478 e. The van der Waals surface area contributed by atoms with Crippen molar-refractivity contribution in [3.8, 4) is 0 Å². The van der Waals surface area contributed by atoms with Gasteiger partial charge in [0.1, 0.15) is 0 Å². The van der Waals surface area contributed by atoms with Gasteiger partial charge in [0.15, 0.2) is 0 Å². The average Bonchev–Trinajstić information content (AvgIpc) is 1.94. The van der Waals surface area contributed by atoms with Gasteiger partial charge in [-0.15, -0.1) is 0 Å². The Balaban J connectivity index is 0.00000121. The molecule has 0 unspecified atom stereocenters. The number of hydrogen-bond donors (Lipinski definition) is 1. The molecular weight excluding hydrogens is 210 g/mol. The maximum absolute atomic E-state index is 10.4. The molecular formula is C7H4Cl2NaO2. The van der Waals surface area contributed by atoms with Crippen LogP contribution in [0.2, 0.25) is 10.0 Å². The van der Waals surface area contributed by atoms with Crippen molar-refractivity contribution in [2.45, 2.75) is 0 Å². The molecule has 59 valence electrons. The minimum atomic E-state index is -1.01. The molecule has 2 nitrogen and oxygen atoms in total. The van der Waals surface area contributed by atoms with Crippen LogP contribution in [-0.2, 0) is 0 Å². The van der Waals surface area contributed by atoms with Crippen LogP contribution in [0.15, 0.2) is 18.2 Å². The number of benzene rings is 1. The van der Waals surface area contributed by atoms with E-state index in [4.69, 9.17) is 28.3 Å². The Morgan fingerprint density at radius 2 is 1.83 bits per heavy atom. The molecule has 0 fully saturated rings. The summed E-state index contributed by atoms with van der Waals surface area (Å²) in [6, 6.07) is 4.16. The number of rotatable bonds is 1. The molecule has 1 rings (SSSR count). The van der Waals surface area contributed by atoms with Crippen LogP contribution in [0, 0.1) is 0 Å². The second-order valence-electron chi connectivity index (χ2n) is 1.93. The van der Waals surface area contributed by atoms with Crippen molar-refractivity contribution >= 4 is 58.7 Å². The Labute approximate surface area is 102 Å². The number of hydrogen-bond acceptors (Lipinski definition) is 1. The molecule has 0 aliphatic heterocycles. The minimum Gasteiger partial charge on any atom is -0.478 e. The third-order valence-electron chi connectivity index (χ3n) is 1.17. The van der Waals surface area contributed by atoms with E-state index in [0.29, 0.717) is 5.02 Å². The first-order chi connectivity index (χ1) is 5.11. The van der Waals surface area contributed by atoms with Crippen molar-refractivity contribution in [3.63, 3.8) is 0 Å². The van der Waals surface area contributed by atoms with Crippen molar-refractivity contribution in [1.82, 2.24) is 0 Å². The maximum Gasteiger partial charge on any atom is 0.335 e.